The van der Waals surface area contributed by atoms with Gasteiger partial charge in [-0.05, 0) is 49.8 Å². The molecule has 0 heterocycles. The molecule has 2 unspecified atom stereocenters. The van der Waals surface area contributed by atoms with Gasteiger partial charge in [-0.15, -0.1) is 0 Å². The van der Waals surface area contributed by atoms with Gasteiger partial charge < -0.3 is 5.32 Å². The molecule has 1 saturated carbocycles. The van der Waals surface area contributed by atoms with Crippen LogP contribution in [0.25, 0.3) is 0 Å². The second kappa shape index (κ2) is 4.38. The first-order chi connectivity index (χ1) is 7.51. The fourth-order valence-corrected chi connectivity index (χ4v) is 2.18. The van der Waals surface area contributed by atoms with Crippen LogP contribution in [0.5, 0.6) is 0 Å². The molecule has 0 amide bonds. The normalized spacial score (nSPS) is 21.5. The molecule has 1 aliphatic carbocycles. The molecule has 1 nitrogen and oxygen atoms in total. The first kappa shape index (κ1) is 11.9. The van der Waals surface area contributed by atoms with E-state index in [-0.39, 0.29) is 0 Å². The average Bonchev–Trinajstić information content (AvgIpc) is 2.99. The Hall–Kier alpha value is -0.530. The Morgan fingerprint density at radius 1 is 1.19 bits per heavy atom. The molecular weight excluding hydrogens is 218 g/mol. The van der Waals surface area contributed by atoms with Crippen molar-refractivity contribution in [3.8, 4) is 0 Å². The van der Waals surface area contributed by atoms with Crippen LogP contribution in [0.4, 0.5) is 0 Å². The van der Waals surface area contributed by atoms with Crippen molar-refractivity contribution in [3.63, 3.8) is 0 Å². The minimum absolute atomic E-state index is 0.393. The summed E-state index contributed by atoms with van der Waals surface area (Å²) >= 11 is 5.88. The van der Waals surface area contributed by atoms with E-state index in [9.17, 15) is 0 Å². The van der Waals surface area contributed by atoms with Crippen molar-refractivity contribution in [3.05, 3.63) is 34.9 Å². The summed E-state index contributed by atoms with van der Waals surface area (Å²) in [6, 6.07) is 9.09. The molecule has 1 aromatic carbocycles. The maximum Gasteiger partial charge on any atom is 0.0406 e. The minimum atomic E-state index is 0.393. The Morgan fingerprint density at radius 3 is 2.25 bits per heavy atom. The van der Waals surface area contributed by atoms with Crippen LogP contribution in [-0.4, -0.2) is 6.04 Å². The maximum absolute atomic E-state index is 5.88. The maximum atomic E-state index is 5.88. The summed E-state index contributed by atoms with van der Waals surface area (Å²) in [4.78, 5) is 0. The molecule has 1 aliphatic rings. The second-order valence-electron chi connectivity index (χ2n) is 5.32. The van der Waals surface area contributed by atoms with Gasteiger partial charge in [-0.3, -0.25) is 0 Å². The number of rotatable bonds is 4. The van der Waals surface area contributed by atoms with Crippen molar-refractivity contribution in [1.82, 2.24) is 5.32 Å². The SMILES string of the molecule is CC(NC(C)C1(C)CC1)c1ccc(Cl)cc1. The third-order valence-corrected chi connectivity index (χ3v) is 4.21. The quantitative estimate of drug-likeness (QED) is 0.829. The van der Waals surface area contributed by atoms with Gasteiger partial charge in [0.05, 0.1) is 0 Å². The molecule has 0 spiro atoms. The van der Waals surface area contributed by atoms with Gasteiger partial charge in [-0.25, -0.2) is 0 Å². The fourth-order valence-electron chi connectivity index (χ4n) is 2.05. The largest absolute Gasteiger partial charge is 0.307 e. The van der Waals surface area contributed by atoms with E-state index in [1.165, 1.54) is 18.4 Å². The Balaban J connectivity index is 1.97. The third kappa shape index (κ3) is 2.58. The predicted molar refractivity (Wildman–Crippen MR) is 69.8 cm³/mol. The average molecular weight is 238 g/mol. The molecule has 2 atom stereocenters. The standard InChI is InChI=1S/C14H20ClN/c1-10(12-4-6-13(15)7-5-12)16-11(2)14(3)8-9-14/h4-7,10-11,16H,8-9H2,1-3H3. The van der Waals surface area contributed by atoms with Gasteiger partial charge in [0.25, 0.3) is 0 Å². The highest BCUT2D eigenvalue weighted by Gasteiger charge is 2.42. The van der Waals surface area contributed by atoms with Crippen LogP contribution in [0, 0.1) is 5.41 Å². The van der Waals surface area contributed by atoms with Gasteiger partial charge in [0.15, 0.2) is 0 Å². The van der Waals surface area contributed by atoms with Crippen LogP contribution in [0.2, 0.25) is 5.02 Å². The number of halogens is 1. The van der Waals surface area contributed by atoms with Crippen LogP contribution >= 0.6 is 11.6 Å². The molecule has 1 fully saturated rings. The molecule has 2 rings (SSSR count). The fraction of sp³-hybridized carbons (Fsp3) is 0.571. The van der Waals surface area contributed by atoms with Crippen LogP contribution in [-0.2, 0) is 0 Å². The lowest BCUT2D eigenvalue weighted by Crippen LogP contribution is -2.35. The van der Waals surface area contributed by atoms with Gasteiger partial charge in [0.1, 0.15) is 0 Å². The summed E-state index contributed by atoms with van der Waals surface area (Å²) in [5.41, 5.74) is 1.83. The van der Waals surface area contributed by atoms with Gasteiger partial charge in [-0.2, -0.15) is 0 Å². The number of hydrogen-bond acceptors (Lipinski definition) is 1. The summed E-state index contributed by atoms with van der Waals surface area (Å²) in [6.07, 6.45) is 2.71. The Kier molecular flexibility index (Phi) is 3.27. The molecule has 2 heteroatoms. The van der Waals surface area contributed by atoms with E-state index in [0.29, 0.717) is 17.5 Å². The molecule has 1 N–H and O–H groups in total. The van der Waals surface area contributed by atoms with Crippen molar-refractivity contribution in [2.75, 3.05) is 0 Å². The Morgan fingerprint density at radius 2 is 1.75 bits per heavy atom. The number of nitrogens with one attached hydrogen (secondary N) is 1. The highest BCUT2D eigenvalue weighted by atomic mass is 35.5. The lowest BCUT2D eigenvalue weighted by atomic mass is 9.98. The van der Waals surface area contributed by atoms with Gasteiger partial charge in [0.2, 0.25) is 0 Å². The van der Waals surface area contributed by atoms with E-state index < -0.39 is 0 Å². The van der Waals surface area contributed by atoms with Gasteiger partial charge in [0, 0.05) is 17.1 Å². The highest BCUT2D eigenvalue weighted by Crippen LogP contribution is 2.48. The number of benzene rings is 1. The van der Waals surface area contributed by atoms with Gasteiger partial charge in [-0.1, -0.05) is 30.7 Å². The van der Waals surface area contributed by atoms with Crippen molar-refractivity contribution in [1.29, 1.82) is 0 Å². The summed E-state index contributed by atoms with van der Waals surface area (Å²) < 4.78 is 0. The van der Waals surface area contributed by atoms with E-state index in [1.807, 2.05) is 12.1 Å². The molecule has 16 heavy (non-hydrogen) atoms. The summed E-state index contributed by atoms with van der Waals surface area (Å²) in [5, 5.41) is 4.48. The molecule has 0 saturated heterocycles. The first-order valence-corrected chi connectivity index (χ1v) is 6.40. The predicted octanol–water partition coefficient (Wildman–Crippen LogP) is 4.18. The molecular formula is C14H20ClN. The molecule has 0 bridgehead atoms. The van der Waals surface area contributed by atoms with Crippen molar-refractivity contribution in [2.24, 2.45) is 5.41 Å². The highest BCUT2D eigenvalue weighted by molar-refractivity contribution is 6.30. The van der Waals surface area contributed by atoms with E-state index in [2.05, 4.69) is 38.2 Å². The summed E-state index contributed by atoms with van der Waals surface area (Å²) in [6.45, 7) is 6.87. The monoisotopic (exact) mass is 237 g/mol. The van der Waals surface area contributed by atoms with Crippen LogP contribution < -0.4 is 5.32 Å². The molecule has 0 aliphatic heterocycles. The van der Waals surface area contributed by atoms with Crippen LogP contribution in [0.3, 0.4) is 0 Å². The minimum Gasteiger partial charge on any atom is -0.307 e. The summed E-state index contributed by atoms with van der Waals surface area (Å²) in [5.74, 6) is 0. The number of hydrogen-bond donors (Lipinski definition) is 1. The van der Waals surface area contributed by atoms with Crippen LogP contribution in [0.15, 0.2) is 24.3 Å². The van der Waals surface area contributed by atoms with Crippen molar-refractivity contribution >= 4 is 11.6 Å². The third-order valence-electron chi connectivity index (χ3n) is 3.95. The zero-order valence-electron chi connectivity index (χ0n) is 10.3. The zero-order valence-corrected chi connectivity index (χ0v) is 11.0. The lowest BCUT2D eigenvalue weighted by molar-refractivity contribution is 0.350. The van der Waals surface area contributed by atoms with E-state index in [0.717, 1.165) is 5.02 Å². The van der Waals surface area contributed by atoms with Crippen LogP contribution in [0.1, 0.15) is 45.2 Å². The first-order valence-electron chi connectivity index (χ1n) is 6.03. The van der Waals surface area contributed by atoms with E-state index in [4.69, 9.17) is 11.6 Å². The Bertz CT molecular complexity index is 354. The summed E-state index contributed by atoms with van der Waals surface area (Å²) in [7, 11) is 0. The molecule has 0 radical (unpaired) electrons. The smallest absolute Gasteiger partial charge is 0.0406 e. The molecule has 0 aromatic heterocycles. The van der Waals surface area contributed by atoms with E-state index >= 15 is 0 Å². The second-order valence-corrected chi connectivity index (χ2v) is 5.75. The topological polar surface area (TPSA) is 12.0 Å². The molecule has 1 aromatic rings. The zero-order chi connectivity index (χ0) is 11.8. The molecule has 88 valence electrons. The van der Waals surface area contributed by atoms with Crippen molar-refractivity contribution < 1.29 is 0 Å². The van der Waals surface area contributed by atoms with Crippen molar-refractivity contribution in [2.45, 2.75) is 45.7 Å². The Labute approximate surface area is 103 Å². The lowest BCUT2D eigenvalue weighted by Gasteiger charge is -2.25. The van der Waals surface area contributed by atoms with Gasteiger partial charge >= 0.3 is 0 Å². The van der Waals surface area contributed by atoms with E-state index in [1.54, 1.807) is 0 Å².